The van der Waals surface area contributed by atoms with Crippen LogP contribution in [0, 0.1) is 13.8 Å². The van der Waals surface area contributed by atoms with Crippen LogP contribution in [0.4, 0.5) is 0 Å². The largest absolute Gasteiger partial charge is 0.497 e. The zero-order chi connectivity index (χ0) is 18.8. The van der Waals surface area contributed by atoms with Gasteiger partial charge < -0.3 is 14.4 Å². The van der Waals surface area contributed by atoms with Gasteiger partial charge >= 0.3 is 0 Å². The zero-order valence-corrected chi connectivity index (χ0v) is 15.5. The summed E-state index contributed by atoms with van der Waals surface area (Å²) in [7, 11) is 4.88. The van der Waals surface area contributed by atoms with E-state index in [9.17, 15) is 4.79 Å². The Bertz CT molecular complexity index is 967. The highest BCUT2D eigenvalue weighted by Crippen LogP contribution is 2.25. The molecule has 2 heterocycles. The van der Waals surface area contributed by atoms with Gasteiger partial charge in [-0.2, -0.15) is 4.98 Å². The zero-order valence-electron chi connectivity index (χ0n) is 15.5. The van der Waals surface area contributed by atoms with Gasteiger partial charge in [-0.1, -0.05) is 0 Å². The van der Waals surface area contributed by atoms with Gasteiger partial charge in [0, 0.05) is 36.6 Å². The molecule has 26 heavy (non-hydrogen) atoms. The average Bonchev–Trinajstić information content (AvgIpc) is 3.05. The Morgan fingerprint density at radius 3 is 2.62 bits per heavy atom. The number of aryl methyl sites for hydroxylation is 2. The van der Waals surface area contributed by atoms with E-state index in [4.69, 9.17) is 9.47 Å². The minimum atomic E-state index is -0.287. The number of carbonyl (C=O) groups excluding carboxylic acids is 1. The van der Waals surface area contributed by atoms with E-state index < -0.39 is 0 Å². The molecule has 0 unspecified atom stereocenters. The van der Waals surface area contributed by atoms with Crippen molar-refractivity contribution in [3.63, 3.8) is 0 Å². The molecule has 1 amide bonds. The summed E-state index contributed by atoms with van der Waals surface area (Å²) >= 11 is 0. The number of nitrogens with zero attached hydrogens (tertiary/aromatic N) is 5. The number of hydrogen-bond donors (Lipinski definition) is 0. The van der Waals surface area contributed by atoms with Crippen LogP contribution in [0.25, 0.3) is 5.78 Å². The monoisotopic (exact) mass is 355 g/mol. The quantitative estimate of drug-likeness (QED) is 0.696. The van der Waals surface area contributed by atoms with Crippen LogP contribution in [0.15, 0.2) is 24.3 Å². The van der Waals surface area contributed by atoms with Gasteiger partial charge in [0.15, 0.2) is 0 Å². The highest BCUT2D eigenvalue weighted by molar-refractivity contribution is 5.90. The highest BCUT2D eigenvalue weighted by Gasteiger charge is 2.20. The summed E-state index contributed by atoms with van der Waals surface area (Å²) < 4.78 is 12.2. The molecule has 2 aromatic heterocycles. The summed E-state index contributed by atoms with van der Waals surface area (Å²) in [6, 6.07) is 7.37. The van der Waals surface area contributed by atoms with Crippen molar-refractivity contribution in [3.05, 3.63) is 47.0 Å². The van der Waals surface area contributed by atoms with Crippen molar-refractivity contribution >= 4 is 11.7 Å². The third-order valence-corrected chi connectivity index (χ3v) is 4.06. The summed E-state index contributed by atoms with van der Waals surface area (Å²) in [5, 5.41) is 4.29. The SMILES string of the molecule is COc1ccc(CN(C)C(=O)c2nc3nc(C)cc(C)n3n2)c(OC)c1. The smallest absolute Gasteiger partial charge is 0.293 e. The van der Waals surface area contributed by atoms with Gasteiger partial charge in [-0.15, -0.1) is 5.10 Å². The van der Waals surface area contributed by atoms with E-state index in [0.29, 0.717) is 23.8 Å². The molecule has 0 aliphatic heterocycles. The number of carbonyl (C=O) groups is 1. The first kappa shape index (κ1) is 17.7. The first-order chi connectivity index (χ1) is 12.4. The van der Waals surface area contributed by atoms with E-state index >= 15 is 0 Å². The van der Waals surface area contributed by atoms with Crippen molar-refractivity contribution in [2.45, 2.75) is 20.4 Å². The molecule has 1 aromatic carbocycles. The fourth-order valence-electron chi connectivity index (χ4n) is 2.74. The molecule has 0 bridgehead atoms. The average molecular weight is 355 g/mol. The Balaban J connectivity index is 1.85. The van der Waals surface area contributed by atoms with E-state index in [1.807, 2.05) is 32.0 Å². The third kappa shape index (κ3) is 3.30. The molecule has 3 rings (SSSR count). The normalized spacial score (nSPS) is 10.8. The van der Waals surface area contributed by atoms with Crippen LogP contribution in [0.1, 0.15) is 27.6 Å². The first-order valence-electron chi connectivity index (χ1n) is 8.10. The molecule has 0 spiro atoms. The number of rotatable bonds is 5. The number of ether oxygens (including phenoxy) is 2. The fourth-order valence-corrected chi connectivity index (χ4v) is 2.74. The van der Waals surface area contributed by atoms with Crippen LogP contribution in [0.5, 0.6) is 11.5 Å². The molecule has 0 atom stereocenters. The maximum absolute atomic E-state index is 12.7. The number of benzene rings is 1. The Morgan fingerprint density at radius 1 is 1.15 bits per heavy atom. The molecular formula is C18H21N5O3. The van der Waals surface area contributed by atoms with Gasteiger partial charge in [-0.05, 0) is 32.0 Å². The first-order valence-corrected chi connectivity index (χ1v) is 8.10. The lowest BCUT2D eigenvalue weighted by atomic mass is 10.1. The lowest BCUT2D eigenvalue weighted by molar-refractivity contribution is 0.0772. The lowest BCUT2D eigenvalue weighted by Gasteiger charge is -2.17. The number of fused-ring (bicyclic) bond motifs is 1. The Hall–Kier alpha value is -3.16. The summed E-state index contributed by atoms with van der Waals surface area (Å²) in [4.78, 5) is 22.9. The second kappa shape index (κ2) is 6.99. The molecule has 136 valence electrons. The highest BCUT2D eigenvalue weighted by atomic mass is 16.5. The molecule has 0 aliphatic rings. The van der Waals surface area contributed by atoms with Crippen molar-refractivity contribution in [2.75, 3.05) is 21.3 Å². The van der Waals surface area contributed by atoms with Crippen molar-refractivity contribution in [1.29, 1.82) is 0 Å². The van der Waals surface area contributed by atoms with Crippen molar-refractivity contribution in [3.8, 4) is 11.5 Å². The van der Waals surface area contributed by atoms with Gasteiger partial charge in [0.1, 0.15) is 11.5 Å². The van der Waals surface area contributed by atoms with Crippen LogP contribution in [0.3, 0.4) is 0 Å². The molecule has 8 nitrogen and oxygen atoms in total. The van der Waals surface area contributed by atoms with Crippen LogP contribution in [-0.2, 0) is 6.54 Å². The molecule has 0 fully saturated rings. The summed E-state index contributed by atoms with van der Waals surface area (Å²) in [5.74, 6) is 1.59. The molecule has 0 saturated carbocycles. The van der Waals surface area contributed by atoms with Crippen LogP contribution >= 0.6 is 0 Å². The Morgan fingerprint density at radius 2 is 1.92 bits per heavy atom. The standard InChI is InChI=1S/C18H21N5O3/c1-11-8-12(2)23-18(19-11)20-16(21-23)17(24)22(3)10-13-6-7-14(25-4)9-15(13)26-5/h6-9H,10H2,1-5H3. The molecule has 0 radical (unpaired) electrons. The minimum Gasteiger partial charge on any atom is -0.497 e. The predicted molar refractivity (Wildman–Crippen MR) is 95.6 cm³/mol. The van der Waals surface area contributed by atoms with E-state index in [2.05, 4.69) is 15.1 Å². The van der Waals surface area contributed by atoms with Crippen molar-refractivity contribution in [1.82, 2.24) is 24.5 Å². The number of aromatic nitrogens is 4. The van der Waals surface area contributed by atoms with Gasteiger partial charge in [-0.25, -0.2) is 9.50 Å². The summed E-state index contributed by atoms with van der Waals surface area (Å²) in [5.41, 5.74) is 2.56. The molecule has 8 heteroatoms. The van der Waals surface area contributed by atoms with Gasteiger partial charge in [-0.3, -0.25) is 4.79 Å². The van der Waals surface area contributed by atoms with Crippen molar-refractivity contribution < 1.29 is 14.3 Å². The fraction of sp³-hybridized carbons (Fsp3) is 0.333. The lowest BCUT2D eigenvalue weighted by Crippen LogP contribution is -2.27. The van der Waals surface area contributed by atoms with Crippen LogP contribution in [0.2, 0.25) is 0 Å². The third-order valence-electron chi connectivity index (χ3n) is 4.06. The van der Waals surface area contributed by atoms with E-state index in [-0.39, 0.29) is 11.7 Å². The number of amides is 1. The maximum atomic E-state index is 12.7. The molecular weight excluding hydrogens is 334 g/mol. The second-order valence-corrected chi connectivity index (χ2v) is 6.03. The van der Waals surface area contributed by atoms with Crippen LogP contribution in [-0.4, -0.2) is 51.7 Å². The number of methoxy groups -OCH3 is 2. The van der Waals surface area contributed by atoms with E-state index in [0.717, 1.165) is 17.0 Å². The molecule has 0 aliphatic carbocycles. The van der Waals surface area contributed by atoms with E-state index in [1.165, 1.54) is 0 Å². The molecule has 0 N–H and O–H groups in total. The Kier molecular flexibility index (Phi) is 4.75. The van der Waals surface area contributed by atoms with Crippen molar-refractivity contribution in [2.24, 2.45) is 0 Å². The van der Waals surface area contributed by atoms with Gasteiger partial charge in [0.2, 0.25) is 5.82 Å². The van der Waals surface area contributed by atoms with Crippen LogP contribution < -0.4 is 9.47 Å². The second-order valence-electron chi connectivity index (χ2n) is 6.03. The van der Waals surface area contributed by atoms with Gasteiger partial charge in [0.25, 0.3) is 11.7 Å². The molecule has 0 saturated heterocycles. The molecule has 3 aromatic rings. The topological polar surface area (TPSA) is 81.9 Å². The van der Waals surface area contributed by atoms with Gasteiger partial charge in [0.05, 0.1) is 14.2 Å². The summed E-state index contributed by atoms with van der Waals surface area (Å²) in [6.45, 7) is 4.13. The number of hydrogen-bond acceptors (Lipinski definition) is 6. The maximum Gasteiger partial charge on any atom is 0.293 e. The summed E-state index contributed by atoms with van der Waals surface area (Å²) in [6.07, 6.45) is 0. The van der Waals surface area contributed by atoms with E-state index in [1.54, 1.807) is 36.7 Å². The Labute approximate surface area is 151 Å². The minimum absolute atomic E-state index is 0.112. The predicted octanol–water partition coefficient (Wildman–Crippen LogP) is 2.03.